The largest absolute Gasteiger partial charge is 0.352 e. The molecule has 0 bridgehead atoms. The van der Waals surface area contributed by atoms with Crippen LogP contribution in [-0.2, 0) is 10.3 Å². The fourth-order valence-corrected chi connectivity index (χ4v) is 4.43. The molecule has 0 radical (unpaired) electrons. The van der Waals surface area contributed by atoms with Gasteiger partial charge in [-0.1, -0.05) is 23.8 Å². The first-order valence-corrected chi connectivity index (χ1v) is 11.7. The van der Waals surface area contributed by atoms with E-state index in [1.165, 1.54) is 0 Å². The number of hydrogen-bond donors (Lipinski definition) is 2. The topological polar surface area (TPSA) is 62.2 Å². The van der Waals surface area contributed by atoms with E-state index in [0.29, 0.717) is 18.1 Å². The molecule has 3 aromatic rings. The highest BCUT2D eigenvalue weighted by Gasteiger charge is 2.40. The number of nitrogens with one attached hydrogen (secondary N) is 2. The van der Waals surface area contributed by atoms with Crippen LogP contribution >= 0.6 is 12.2 Å². The first-order valence-electron chi connectivity index (χ1n) is 11.3. The number of benzene rings is 1. The van der Waals surface area contributed by atoms with Crippen LogP contribution in [0.3, 0.4) is 0 Å². The molecule has 4 rings (SSSR count). The summed E-state index contributed by atoms with van der Waals surface area (Å²) in [5.41, 5.74) is 4.01. The molecule has 172 valence electrons. The molecule has 2 atom stereocenters. The van der Waals surface area contributed by atoms with E-state index in [0.717, 1.165) is 22.5 Å². The van der Waals surface area contributed by atoms with Crippen LogP contribution in [0.2, 0.25) is 0 Å². The predicted octanol–water partition coefficient (Wildman–Crippen LogP) is 4.95. The average molecular weight is 462 g/mol. The van der Waals surface area contributed by atoms with E-state index < -0.39 is 0 Å². The summed E-state index contributed by atoms with van der Waals surface area (Å²) in [6.45, 7) is 9.07. The first-order chi connectivity index (χ1) is 15.7. The lowest BCUT2D eigenvalue weighted by molar-refractivity contribution is -0.116. The normalized spacial score (nSPS) is 18.3. The van der Waals surface area contributed by atoms with Crippen LogP contribution in [-0.4, -0.2) is 32.0 Å². The second kappa shape index (κ2) is 9.35. The molecule has 1 saturated heterocycles. The van der Waals surface area contributed by atoms with Crippen LogP contribution in [0.4, 0.5) is 5.69 Å². The lowest BCUT2D eigenvalue weighted by Gasteiger charge is -2.27. The van der Waals surface area contributed by atoms with Crippen molar-refractivity contribution in [1.29, 1.82) is 0 Å². The Bertz CT molecular complexity index is 1120. The van der Waals surface area contributed by atoms with E-state index in [9.17, 15) is 4.79 Å². The van der Waals surface area contributed by atoms with E-state index in [2.05, 4.69) is 64.3 Å². The third-order valence-corrected chi connectivity index (χ3v) is 6.30. The average Bonchev–Trinajstić information content (AvgIpc) is 3.39. The Morgan fingerprint density at radius 1 is 1.15 bits per heavy atom. The standard InChI is InChI=1S/C26H31N5OS/c1-18-8-10-20(11-9-18)28-22(32)13-16-31-24(19-12-15-30(17-19)26(2,3)4)23(29-25(31)33)21-7-5-6-14-27-21/h5-12,14-15,17,23-24H,13,16H2,1-4H3,(H,28,32)(H,29,33)/t23-,24+/m0/s1. The lowest BCUT2D eigenvalue weighted by atomic mass is 9.99. The predicted molar refractivity (Wildman–Crippen MR) is 136 cm³/mol. The van der Waals surface area contributed by atoms with Crippen LogP contribution in [0.25, 0.3) is 0 Å². The van der Waals surface area contributed by atoms with Crippen molar-refractivity contribution in [3.05, 3.63) is 83.9 Å². The molecule has 2 aromatic heterocycles. The van der Waals surface area contributed by atoms with Gasteiger partial charge in [-0.15, -0.1) is 0 Å². The van der Waals surface area contributed by atoms with Crippen LogP contribution in [0.5, 0.6) is 0 Å². The molecule has 0 aliphatic carbocycles. The molecule has 33 heavy (non-hydrogen) atoms. The van der Waals surface area contributed by atoms with Gasteiger partial charge in [-0.3, -0.25) is 9.78 Å². The first kappa shape index (κ1) is 23.0. The van der Waals surface area contributed by atoms with Crippen molar-refractivity contribution >= 4 is 28.9 Å². The van der Waals surface area contributed by atoms with Crippen LogP contribution < -0.4 is 10.6 Å². The van der Waals surface area contributed by atoms with E-state index in [4.69, 9.17) is 12.2 Å². The number of anilines is 1. The molecule has 3 heterocycles. The minimum absolute atomic E-state index is 0.0238. The number of pyridine rings is 1. The van der Waals surface area contributed by atoms with Gasteiger partial charge in [0.2, 0.25) is 5.91 Å². The Balaban J connectivity index is 1.55. The third-order valence-electron chi connectivity index (χ3n) is 5.94. The maximum absolute atomic E-state index is 12.7. The second-order valence-electron chi connectivity index (χ2n) is 9.51. The van der Waals surface area contributed by atoms with Gasteiger partial charge in [-0.05, 0) is 75.8 Å². The zero-order valence-corrected chi connectivity index (χ0v) is 20.4. The summed E-state index contributed by atoms with van der Waals surface area (Å²) < 4.78 is 2.21. The highest BCUT2D eigenvalue weighted by atomic mass is 32.1. The zero-order valence-electron chi connectivity index (χ0n) is 19.6. The molecule has 1 fully saturated rings. The molecular formula is C26H31N5OS. The molecule has 0 spiro atoms. The summed E-state index contributed by atoms with van der Waals surface area (Å²) in [5, 5.41) is 7.08. The summed E-state index contributed by atoms with van der Waals surface area (Å²) in [7, 11) is 0. The maximum atomic E-state index is 12.7. The minimum Gasteiger partial charge on any atom is -0.352 e. The number of aryl methyl sites for hydroxylation is 1. The Labute approximate surface area is 201 Å². The van der Waals surface area contributed by atoms with Gasteiger partial charge >= 0.3 is 0 Å². The van der Waals surface area contributed by atoms with Crippen molar-refractivity contribution in [2.75, 3.05) is 11.9 Å². The second-order valence-corrected chi connectivity index (χ2v) is 9.89. The molecule has 6 nitrogen and oxygen atoms in total. The molecular weight excluding hydrogens is 430 g/mol. The van der Waals surface area contributed by atoms with Gasteiger partial charge < -0.3 is 20.1 Å². The molecule has 1 aliphatic heterocycles. The monoisotopic (exact) mass is 461 g/mol. The van der Waals surface area contributed by atoms with Gasteiger partial charge in [0.05, 0.1) is 17.8 Å². The molecule has 1 aliphatic rings. The third kappa shape index (κ3) is 5.25. The molecule has 0 saturated carbocycles. The number of aromatic nitrogens is 2. The highest BCUT2D eigenvalue weighted by molar-refractivity contribution is 7.80. The molecule has 1 amide bonds. The number of nitrogens with zero attached hydrogens (tertiary/aromatic N) is 3. The quantitative estimate of drug-likeness (QED) is 0.509. The van der Waals surface area contributed by atoms with Crippen LogP contribution in [0.1, 0.15) is 56.1 Å². The summed E-state index contributed by atoms with van der Waals surface area (Å²) in [4.78, 5) is 19.4. The van der Waals surface area contributed by atoms with Crippen molar-refractivity contribution in [2.45, 2.75) is 51.7 Å². The van der Waals surface area contributed by atoms with E-state index >= 15 is 0 Å². The van der Waals surface area contributed by atoms with Gasteiger partial charge in [0, 0.05) is 42.8 Å². The maximum Gasteiger partial charge on any atom is 0.226 e. The molecule has 1 aromatic carbocycles. The minimum atomic E-state index is -0.0883. The van der Waals surface area contributed by atoms with Crippen molar-refractivity contribution < 1.29 is 4.79 Å². The Morgan fingerprint density at radius 3 is 2.55 bits per heavy atom. The Kier molecular flexibility index (Phi) is 6.51. The summed E-state index contributed by atoms with van der Waals surface area (Å²) in [5.74, 6) is -0.0334. The number of amides is 1. The Hall–Kier alpha value is -3.19. The summed E-state index contributed by atoms with van der Waals surface area (Å²) >= 11 is 5.72. The fraction of sp³-hybridized carbons (Fsp3) is 0.346. The smallest absolute Gasteiger partial charge is 0.226 e. The number of carbonyl (C=O) groups is 1. The zero-order chi connectivity index (χ0) is 23.6. The number of rotatable bonds is 6. The van der Waals surface area contributed by atoms with Gasteiger partial charge in [-0.2, -0.15) is 0 Å². The van der Waals surface area contributed by atoms with Gasteiger partial charge in [0.1, 0.15) is 0 Å². The van der Waals surface area contributed by atoms with E-state index in [-0.39, 0.29) is 23.5 Å². The van der Waals surface area contributed by atoms with Crippen LogP contribution in [0.15, 0.2) is 67.1 Å². The fourth-order valence-electron chi connectivity index (χ4n) is 4.10. The summed E-state index contributed by atoms with van der Waals surface area (Å²) in [6, 6.07) is 15.7. The van der Waals surface area contributed by atoms with Crippen molar-refractivity contribution in [3.8, 4) is 0 Å². The van der Waals surface area contributed by atoms with Crippen molar-refractivity contribution in [3.63, 3.8) is 0 Å². The van der Waals surface area contributed by atoms with Crippen LogP contribution in [0, 0.1) is 6.92 Å². The van der Waals surface area contributed by atoms with E-state index in [1.54, 1.807) is 6.20 Å². The molecule has 2 N–H and O–H groups in total. The molecule has 0 unspecified atom stereocenters. The van der Waals surface area contributed by atoms with Crippen molar-refractivity contribution in [2.24, 2.45) is 0 Å². The van der Waals surface area contributed by atoms with Gasteiger partial charge in [-0.25, -0.2) is 0 Å². The van der Waals surface area contributed by atoms with Crippen molar-refractivity contribution in [1.82, 2.24) is 19.8 Å². The number of thiocarbonyl (C=S) groups is 1. The lowest BCUT2D eigenvalue weighted by Crippen LogP contribution is -2.32. The summed E-state index contributed by atoms with van der Waals surface area (Å²) in [6.07, 6.45) is 6.42. The highest BCUT2D eigenvalue weighted by Crippen LogP contribution is 2.39. The number of hydrogen-bond acceptors (Lipinski definition) is 3. The number of carbonyl (C=O) groups excluding carboxylic acids is 1. The Morgan fingerprint density at radius 2 is 1.91 bits per heavy atom. The van der Waals surface area contributed by atoms with E-state index in [1.807, 2.05) is 49.4 Å². The van der Waals surface area contributed by atoms with Gasteiger partial charge in [0.15, 0.2) is 5.11 Å². The SMILES string of the molecule is Cc1ccc(NC(=O)CCN2C(=S)N[C@@H](c3ccccn3)[C@H]2c2ccn(C(C)(C)C)c2)cc1. The molecule has 7 heteroatoms. The van der Waals surface area contributed by atoms with Gasteiger partial charge in [0.25, 0.3) is 0 Å².